The molecule has 2 N–H and O–H groups in total. The fourth-order valence-electron chi connectivity index (χ4n) is 1.67. The van der Waals surface area contributed by atoms with E-state index >= 15 is 0 Å². The second-order valence-corrected chi connectivity index (χ2v) is 6.57. The van der Waals surface area contributed by atoms with Gasteiger partial charge < -0.3 is 10.1 Å². The summed E-state index contributed by atoms with van der Waals surface area (Å²) in [4.78, 5) is 0. The van der Waals surface area contributed by atoms with Crippen molar-refractivity contribution in [3.05, 3.63) is 24.3 Å². The molecule has 0 unspecified atom stereocenters. The summed E-state index contributed by atoms with van der Waals surface area (Å²) < 4.78 is 65.8. The van der Waals surface area contributed by atoms with Crippen molar-refractivity contribution >= 4 is 15.7 Å². The second-order valence-electron chi connectivity index (χ2n) is 4.72. The monoisotopic (exact) mass is 324 g/mol. The molecule has 0 radical (unpaired) electrons. The number of nitrogens with one attached hydrogen (secondary N) is 2. The molecular formula is C12H15F3N2O3S. The molecule has 0 amide bonds. The molecule has 0 aliphatic heterocycles. The average molecular weight is 324 g/mol. The summed E-state index contributed by atoms with van der Waals surface area (Å²) >= 11 is 0. The molecule has 0 bridgehead atoms. The molecule has 1 aromatic carbocycles. The normalized spacial score (nSPS) is 15.8. The van der Waals surface area contributed by atoms with Gasteiger partial charge >= 0.3 is 6.36 Å². The zero-order valence-corrected chi connectivity index (χ0v) is 11.8. The van der Waals surface area contributed by atoms with Crippen LogP contribution in [0.3, 0.4) is 0 Å². The van der Waals surface area contributed by atoms with E-state index in [2.05, 4.69) is 14.8 Å². The van der Waals surface area contributed by atoms with Gasteiger partial charge in [-0.15, -0.1) is 13.2 Å². The van der Waals surface area contributed by atoms with Crippen molar-refractivity contribution in [1.82, 2.24) is 5.32 Å². The van der Waals surface area contributed by atoms with Crippen LogP contribution < -0.4 is 14.8 Å². The van der Waals surface area contributed by atoms with Gasteiger partial charge in [0.05, 0.1) is 11.4 Å². The summed E-state index contributed by atoms with van der Waals surface area (Å²) in [6, 6.07) is 5.11. The molecule has 21 heavy (non-hydrogen) atoms. The minimum Gasteiger partial charge on any atom is -0.406 e. The van der Waals surface area contributed by atoms with E-state index in [1.165, 1.54) is 12.1 Å². The topological polar surface area (TPSA) is 67.4 Å². The minimum absolute atomic E-state index is 0.0307. The van der Waals surface area contributed by atoms with Crippen LogP contribution in [0.1, 0.15) is 12.8 Å². The standard InChI is InChI=1S/C12H15F3N2O3S/c13-12(14,15)20-11-3-1-2-10(8-11)17-21(18,19)7-6-16-9-4-5-9/h1-3,8-9,16-17H,4-7H2. The Bertz CT molecular complexity index is 586. The molecule has 0 spiro atoms. The van der Waals surface area contributed by atoms with E-state index in [1.807, 2.05) is 0 Å². The SMILES string of the molecule is O=S(=O)(CCNC1CC1)Nc1cccc(OC(F)(F)F)c1. The lowest BCUT2D eigenvalue weighted by atomic mass is 10.3. The van der Waals surface area contributed by atoms with Crippen molar-refractivity contribution in [3.8, 4) is 5.75 Å². The predicted molar refractivity (Wildman–Crippen MR) is 71.6 cm³/mol. The first-order valence-corrected chi connectivity index (χ1v) is 7.98. The lowest BCUT2D eigenvalue weighted by Gasteiger charge is -2.11. The molecule has 1 aromatic rings. The van der Waals surface area contributed by atoms with E-state index < -0.39 is 22.1 Å². The van der Waals surface area contributed by atoms with E-state index in [0.29, 0.717) is 12.6 Å². The quantitative estimate of drug-likeness (QED) is 0.806. The number of hydrogen-bond donors (Lipinski definition) is 2. The van der Waals surface area contributed by atoms with Crippen LogP contribution in [-0.2, 0) is 10.0 Å². The van der Waals surface area contributed by atoms with Crippen molar-refractivity contribution in [2.45, 2.75) is 25.2 Å². The first-order chi connectivity index (χ1) is 9.73. The van der Waals surface area contributed by atoms with Crippen LogP contribution in [0, 0.1) is 0 Å². The Balaban J connectivity index is 1.92. The van der Waals surface area contributed by atoms with Gasteiger partial charge in [-0.3, -0.25) is 4.72 Å². The molecule has 0 heterocycles. The molecule has 9 heteroatoms. The van der Waals surface area contributed by atoms with E-state index in [1.54, 1.807) is 0 Å². The Labute approximate surface area is 120 Å². The number of ether oxygens (including phenoxy) is 1. The van der Waals surface area contributed by atoms with Crippen molar-refractivity contribution in [1.29, 1.82) is 0 Å². The van der Waals surface area contributed by atoms with Crippen molar-refractivity contribution in [2.24, 2.45) is 0 Å². The van der Waals surface area contributed by atoms with E-state index in [0.717, 1.165) is 25.0 Å². The molecule has 1 fully saturated rings. The van der Waals surface area contributed by atoms with E-state index in [4.69, 9.17) is 0 Å². The highest BCUT2D eigenvalue weighted by Gasteiger charge is 2.31. The fourth-order valence-corrected chi connectivity index (χ4v) is 2.65. The zero-order valence-electron chi connectivity index (χ0n) is 11.0. The number of halogens is 3. The Morgan fingerprint density at radius 3 is 2.62 bits per heavy atom. The number of sulfonamides is 1. The summed E-state index contributed by atoms with van der Waals surface area (Å²) in [6.07, 6.45) is -2.72. The van der Waals surface area contributed by atoms with Gasteiger partial charge in [-0.25, -0.2) is 8.42 Å². The van der Waals surface area contributed by atoms with Crippen LogP contribution in [-0.4, -0.2) is 33.1 Å². The Morgan fingerprint density at radius 2 is 2.00 bits per heavy atom. The predicted octanol–water partition coefficient (Wildman–Crippen LogP) is 2.08. The van der Waals surface area contributed by atoms with Gasteiger partial charge in [0.2, 0.25) is 10.0 Å². The molecule has 1 aliphatic carbocycles. The summed E-state index contributed by atoms with van der Waals surface area (Å²) in [6.45, 7) is 0.304. The molecule has 5 nitrogen and oxygen atoms in total. The van der Waals surface area contributed by atoms with Crippen molar-refractivity contribution in [2.75, 3.05) is 17.0 Å². The van der Waals surface area contributed by atoms with Gasteiger partial charge in [0, 0.05) is 18.7 Å². The van der Waals surface area contributed by atoms with Crippen LogP contribution >= 0.6 is 0 Å². The Hall–Kier alpha value is -1.48. The van der Waals surface area contributed by atoms with Crippen LogP contribution in [0.15, 0.2) is 24.3 Å². The first-order valence-electron chi connectivity index (χ1n) is 6.33. The molecule has 118 valence electrons. The Kier molecular flexibility index (Phi) is 4.62. The van der Waals surface area contributed by atoms with Crippen LogP contribution in [0.5, 0.6) is 5.75 Å². The minimum atomic E-state index is -4.81. The van der Waals surface area contributed by atoms with E-state index in [-0.39, 0.29) is 11.4 Å². The summed E-state index contributed by atoms with van der Waals surface area (Å²) in [5, 5.41) is 3.05. The highest BCUT2D eigenvalue weighted by Crippen LogP contribution is 2.25. The second kappa shape index (κ2) is 6.10. The summed E-state index contributed by atoms with van der Waals surface area (Å²) in [5.74, 6) is -0.618. The smallest absolute Gasteiger partial charge is 0.406 e. The Morgan fingerprint density at radius 1 is 1.29 bits per heavy atom. The van der Waals surface area contributed by atoms with Gasteiger partial charge in [-0.2, -0.15) is 0 Å². The summed E-state index contributed by atoms with van der Waals surface area (Å²) in [5.41, 5.74) is 0.0307. The average Bonchev–Trinajstić information content (AvgIpc) is 3.10. The lowest BCUT2D eigenvalue weighted by molar-refractivity contribution is -0.274. The van der Waals surface area contributed by atoms with Gasteiger partial charge in [0.25, 0.3) is 0 Å². The maximum absolute atomic E-state index is 12.1. The number of rotatable bonds is 7. The zero-order chi connectivity index (χ0) is 15.5. The molecule has 0 atom stereocenters. The third-order valence-electron chi connectivity index (χ3n) is 2.72. The highest BCUT2D eigenvalue weighted by atomic mass is 32.2. The number of benzene rings is 1. The van der Waals surface area contributed by atoms with Gasteiger partial charge in [-0.05, 0) is 25.0 Å². The third kappa shape index (κ3) is 6.21. The van der Waals surface area contributed by atoms with Crippen molar-refractivity contribution in [3.63, 3.8) is 0 Å². The third-order valence-corrected chi connectivity index (χ3v) is 4.01. The largest absolute Gasteiger partial charge is 0.573 e. The first kappa shape index (κ1) is 15.9. The van der Waals surface area contributed by atoms with Gasteiger partial charge in [0.1, 0.15) is 5.75 Å². The molecule has 1 saturated carbocycles. The van der Waals surface area contributed by atoms with Crippen LogP contribution in [0.2, 0.25) is 0 Å². The molecule has 0 aromatic heterocycles. The summed E-state index contributed by atoms with van der Waals surface area (Å²) in [7, 11) is -3.61. The molecule has 1 aliphatic rings. The fraction of sp³-hybridized carbons (Fsp3) is 0.500. The molecular weight excluding hydrogens is 309 g/mol. The van der Waals surface area contributed by atoms with Crippen LogP contribution in [0.25, 0.3) is 0 Å². The number of hydrogen-bond acceptors (Lipinski definition) is 4. The molecule has 2 rings (SSSR count). The van der Waals surface area contributed by atoms with Crippen LogP contribution in [0.4, 0.5) is 18.9 Å². The number of anilines is 1. The maximum Gasteiger partial charge on any atom is 0.573 e. The maximum atomic E-state index is 12.1. The highest BCUT2D eigenvalue weighted by molar-refractivity contribution is 7.92. The van der Waals surface area contributed by atoms with Gasteiger partial charge in [0.15, 0.2) is 0 Å². The molecule has 0 saturated heterocycles. The van der Waals surface area contributed by atoms with Crippen molar-refractivity contribution < 1.29 is 26.3 Å². The lowest BCUT2D eigenvalue weighted by Crippen LogP contribution is -2.28. The van der Waals surface area contributed by atoms with E-state index in [9.17, 15) is 21.6 Å². The number of alkyl halides is 3. The van der Waals surface area contributed by atoms with Gasteiger partial charge in [-0.1, -0.05) is 6.07 Å².